The van der Waals surface area contributed by atoms with Crippen LogP contribution in [0.1, 0.15) is 30.3 Å². The number of benzene rings is 2. The van der Waals surface area contributed by atoms with Gasteiger partial charge in [-0.1, -0.05) is 30.3 Å². The van der Waals surface area contributed by atoms with Crippen LogP contribution in [0.4, 0.5) is 5.69 Å². The first kappa shape index (κ1) is 24.4. The summed E-state index contributed by atoms with van der Waals surface area (Å²) in [5.41, 5.74) is 0.277. The quantitative estimate of drug-likeness (QED) is 0.353. The highest BCUT2D eigenvalue weighted by atomic mass is 32.2. The van der Waals surface area contributed by atoms with Gasteiger partial charge in [-0.3, -0.25) is 14.9 Å². The molecule has 2 aromatic carbocycles. The second-order valence-electron chi connectivity index (χ2n) is 8.09. The lowest BCUT2D eigenvalue weighted by atomic mass is 10.1. The van der Waals surface area contributed by atoms with E-state index in [2.05, 4.69) is 10.3 Å². The van der Waals surface area contributed by atoms with Gasteiger partial charge in [0, 0.05) is 38.6 Å². The van der Waals surface area contributed by atoms with Crippen molar-refractivity contribution in [2.45, 2.75) is 23.8 Å². The molecule has 0 saturated carbocycles. The number of hydrogen-bond acceptors (Lipinski definition) is 7. The molecule has 0 bridgehead atoms. The first-order valence-corrected chi connectivity index (χ1v) is 12.4. The lowest BCUT2D eigenvalue weighted by molar-refractivity contribution is -0.386. The van der Waals surface area contributed by atoms with Crippen LogP contribution in [0.2, 0.25) is 0 Å². The average Bonchev–Trinajstić information content (AvgIpc) is 3.54. The maximum Gasteiger partial charge on any atom is 0.312 e. The van der Waals surface area contributed by atoms with E-state index in [1.54, 1.807) is 17.0 Å². The normalized spacial score (nSPS) is 15.0. The summed E-state index contributed by atoms with van der Waals surface area (Å²) in [6, 6.07) is 12.1. The highest BCUT2D eigenvalue weighted by Gasteiger charge is 2.30. The molecule has 0 aliphatic carbocycles. The molecule has 4 rings (SSSR count). The van der Waals surface area contributed by atoms with Gasteiger partial charge in [0.15, 0.2) is 12.4 Å². The number of imidazole rings is 1. The van der Waals surface area contributed by atoms with E-state index >= 15 is 0 Å². The molecular formula is C23H25N5O6S. The zero-order valence-corrected chi connectivity index (χ0v) is 19.8. The van der Waals surface area contributed by atoms with Gasteiger partial charge in [-0.05, 0) is 30.5 Å². The summed E-state index contributed by atoms with van der Waals surface area (Å²) in [6.45, 7) is 0.257. The molecule has 3 aromatic rings. The Kier molecular flexibility index (Phi) is 7.12. The largest absolute Gasteiger partial charge is 0.477 e. The van der Waals surface area contributed by atoms with Crippen LogP contribution in [0.3, 0.4) is 0 Å². The Hall–Kier alpha value is -3.77. The number of nitrogens with zero attached hydrogens (tertiary/aromatic N) is 4. The van der Waals surface area contributed by atoms with Gasteiger partial charge in [-0.25, -0.2) is 13.4 Å². The lowest BCUT2D eigenvalue weighted by Crippen LogP contribution is -2.34. The molecule has 1 unspecified atom stereocenters. The molecule has 0 spiro atoms. The highest BCUT2D eigenvalue weighted by molar-refractivity contribution is 7.89. The van der Waals surface area contributed by atoms with Gasteiger partial charge in [0.25, 0.3) is 5.91 Å². The van der Waals surface area contributed by atoms with Crippen molar-refractivity contribution < 1.29 is 22.9 Å². The fourth-order valence-electron chi connectivity index (χ4n) is 3.94. The zero-order chi connectivity index (χ0) is 25.0. The first-order chi connectivity index (χ1) is 16.8. The molecule has 2 heterocycles. The molecule has 1 amide bonds. The Morgan fingerprint density at radius 3 is 2.54 bits per heavy atom. The summed E-state index contributed by atoms with van der Waals surface area (Å²) in [4.78, 5) is 27.8. The van der Waals surface area contributed by atoms with Crippen molar-refractivity contribution in [2.24, 2.45) is 7.05 Å². The fourth-order valence-corrected chi connectivity index (χ4v) is 5.48. The van der Waals surface area contributed by atoms with Gasteiger partial charge in [-0.15, -0.1) is 0 Å². The highest BCUT2D eigenvalue weighted by Crippen LogP contribution is 2.32. The molecule has 184 valence electrons. The van der Waals surface area contributed by atoms with E-state index in [4.69, 9.17) is 4.74 Å². The number of aromatic nitrogens is 2. The van der Waals surface area contributed by atoms with Crippen LogP contribution in [-0.2, 0) is 21.9 Å². The minimum atomic E-state index is -3.83. The summed E-state index contributed by atoms with van der Waals surface area (Å²) in [5, 5.41) is 14.5. The van der Waals surface area contributed by atoms with Gasteiger partial charge < -0.3 is 14.6 Å². The van der Waals surface area contributed by atoms with Gasteiger partial charge in [0.1, 0.15) is 11.9 Å². The first-order valence-electron chi connectivity index (χ1n) is 11.0. The summed E-state index contributed by atoms with van der Waals surface area (Å²) in [7, 11) is -2.03. The van der Waals surface area contributed by atoms with E-state index in [1.165, 1.54) is 16.4 Å². The van der Waals surface area contributed by atoms with E-state index in [0.717, 1.165) is 24.5 Å². The summed E-state index contributed by atoms with van der Waals surface area (Å²) in [6.07, 6.45) is 4.88. The van der Waals surface area contributed by atoms with Gasteiger partial charge in [0.05, 0.1) is 9.82 Å². The van der Waals surface area contributed by atoms with E-state index in [0.29, 0.717) is 18.9 Å². The third-order valence-corrected chi connectivity index (χ3v) is 7.64. The molecule has 1 saturated heterocycles. The predicted octanol–water partition coefficient (Wildman–Crippen LogP) is 2.40. The van der Waals surface area contributed by atoms with Crippen molar-refractivity contribution in [2.75, 3.05) is 19.7 Å². The third-order valence-electron chi connectivity index (χ3n) is 5.74. The topological polar surface area (TPSA) is 137 Å². The van der Waals surface area contributed by atoms with E-state index in [1.807, 2.05) is 37.4 Å². The molecular weight excluding hydrogens is 474 g/mol. The van der Waals surface area contributed by atoms with Crippen molar-refractivity contribution in [3.05, 3.63) is 82.4 Å². The van der Waals surface area contributed by atoms with Crippen molar-refractivity contribution in [1.29, 1.82) is 0 Å². The lowest BCUT2D eigenvalue weighted by Gasteiger charge is -2.19. The molecule has 0 radical (unpaired) electrons. The number of rotatable bonds is 9. The predicted molar refractivity (Wildman–Crippen MR) is 126 cm³/mol. The number of ether oxygens (including phenoxy) is 1. The summed E-state index contributed by atoms with van der Waals surface area (Å²) < 4.78 is 34.1. The number of nitro groups is 1. The molecule has 1 aliphatic heterocycles. The Labute approximate surface area is 202 Å². The molecule has 1 aromatic heterocycles. The average molecular weight is 500 g/mol. The van der Waals surface area contributed by atoms with Crippen molar-refractivity contribution in [3.63, 3.8) is 0 Å². The monoisotopic (exact) mass is 499 g/mol. The third kappa shape index (κ3) is 5.33. The Balaban J connectivity index is 1.51. The number of nitrogens with one attached hydrogen (secondary N) is 1. The second kappa shape index (κ2) is 10.2. The fraction of sp³-hybridized carbons (Fsp3) is 0.304. The summed E-state index contributed by atoms with van der Waals surface area (Å²) in [5.74, 6) is -0.115. The van der Waals surface area contributed by atoms with Crippen LogP contribution in [0.5, 0.6) is 5.75 Å². The SMILES string of the molecule is Cn1ccnc1C(NC(=O)COc1ccc(S(=O)(=O)N2CCCC2)cc1[N+](=O)[O-])c1ccccc1. The molecule has 1 aliphatic rings. The Morgan fingerprint density at radius 1 is 1.20 bits per heavy atom. The van der Waals surface area contributed by atoms with E-state index < -0.39 is 39.2 Å². The van der Waals surface area contributed by atoms with Crippen LogP contribution in [0.25, 0.3) is 0 Å². The number of carbonyl (C=O) groups is 1. The van der Waals surface area contributed by atoms with E-state index in [-0.39, 0.29) is 10.6 Å². The number of amides is 1. The minimum absolute atomic E-state index is 0.179. The van der Waals surface area contributed by atoms with Crippen LogP contribution in [-0.4, -0.2) is 52.8 Å². The summed E-state index contributed by atoms with van der Waals surface area (Å²) >= 11 is 0. The molecule has 12 heteroatoms. The molecule has 35 heavy (non-hydrogen) atoms. The van der Waals surface area contributed by atoms with E-state index in [9.17, 15) is 23.3 Å². The van der Waals surface area contributed by atoms with Crippen molar-refractivity contribution in [3.8, 4) is 5.75 Å². The molecule has 11 nitrogen and oxygen atoms in total. The molecule has 1 atom stereocenters. The minimum Gasteiger partial charge on any atom is -0.477 e. The van der Waals surface area contributed by atoms with Gasteiger partial charge in [-0.2, -0.15) is 4.31 Å². The van der Waals surface area contributed by atoms with Crippen molar-refractivity contribution in [1.82, 2.24) is 19.2 Å². The van der Waals surface area contributed by atoms with Crippen molar-refractivity contribution >= 4 is 21.6 Å². The number of aryl methyl sites for hydroxylation is 1. The van der Waals surface area contributed by atoms with Gasteiger partial charge >= 0.3 is 5.69 Å². The Morgan fingerprint density at radius 2 is 1.91 bits per heavy atom. The zero-order valence-electron chi connectivity index (χ0n) is 19.0. The smallest absolute Gasteiger partial charge is 0.312 e. The Bertz CT molecular complexity index is 1320. The number of nitro benzene ring substituents is 1. The standard InChI is InChI=1S/C23H25N5O6S/c1-26-14-11-24-23(26)22(17-7-3-2-4-8-17)25-21(29)16-34-20-10-9-18(15-19(20)28(30)31)35(32,33)27-12-5-6-13-27/h2-4,7-11,14-15,22H,5-6,12-13,16H2,1H3,(H,25,29). The molecule has 1 fully saturated rings. The van der Waals surface area contributed by atoms with Crippen LogP contribution in [0, 0.1) is 10.1 Å². The number of hydrogen-bond donors (Lipinski definition) is 1. The maximum absolute atomic E-state index is 12.8. The number of sulfonamides is 1. The van der Waals surface area contributed by atoms with Crippen LogP contribution in [0.15, 0.2) is 65.8 Å². The molecule has 1 N–H and O–H groups in total. The second-order valence-corrected chi connectivity index (χ2v) is 10.0. The number of carbonyl (C=O) groups excluding carboxylic acids is 1. The maximum atomic E-state index is 12.8. The van der Waals surface area contributed by atoms with Crippen LogP contribution >= 0.6 is 0 Å². The van der Waals surface area contributed by atoms with Gasteiger partial charge in [0.2, 0.25) is 10.0 Å². The van der Waals surface area contributed by atoms with Crippen LogP contribution < -0.4 is 10.1 Å².